The highest BCUT2D eigenvalue weighted by Gasteiger charge is 2.15. The monoisotopic (exact) mass is 423 g/mol. The van der Waals surface area contributed by atoms with Crippen molar-refractivity contribution in [3.63, 3.8) is 0 Å². The molecule has 6 heteroatoms. The first kappa shape index (κ1) is 21.4. The third kappa shape index (κ3) is 5.39. The fourth-order valence-electron chi connectivity index (χ4n) is 2.80. The minimum atomic E-state index is -0.442. The van der Waals surface area contributed by atoms with Crippen molar-refractivity contribution in [2.24, 2.45) is 0 Å². The van der Waals surface area contributed by atoms with Gasteiger partial charge in [-0.2, -0.15) is 0 Å². The Morgan fingerprint density at radius 1 is 1.00 bits per heavy atom. The highest BCUT2D eigenvalue weighted by atomic mass is 35.5. The summed E-state index contributed by atoms with van der Waals surface area (Å²) < 4.78 is 10.8. The third-order valence-electron chi connectivity index (χ3n) is 4.43. The lowest BCUT2D eigenvalue weighted by molar-refractivity contribution is 0.0526. The number of carbonyl (C=O) groups excluding carboxylic acids is 2. The first-order valence-corrected chi connectivity index (χ1v) is 9.91. The van der Waals surface area contributed by atoms with E-state index >= 15 is 0 Å². The minimum absolute atomic E-state index is 0.278. The van der Waals surface area contributed by atoms with Crippen LogP contribution in [0.25, 0.3) is 0 Å². The molecule has 0 bridgehead atoms. The van der Waals surface area contributed by atoms with Crippen molar-refractivity contribution in [2.45, 2.75) is 20.5 Å². The number of aryl methyl sites for hydroxylation is 1. The average molecular weight is 424 g/mol. The van der Waals surface area contributed by atoms with Gasteiger partial charge in [0.2, 0.25) is 0 Å². The first-order chi connectivity index (χ1) is 14.5. The van der Waals surface area contributed by atoms with Crippen LogP contribution in [0.5, 0.6) is 5.75 Å². The predicted molar refractivity (Wildman–Crippen MR) is 117 cm³/mol. The molecule has 0 unspecified atom stereocenters. The fraction of sp³-hybridized carbons (Fsp3) is 0.167. The van der Waals surface area contributed by atoms with E-state index in [2.05, 4.69) is 5.32 Å². The molecule has 5 nitrogen and oxygen atoms in total. The van der Waals surface area contributed by atoms with Crippen LogP contribution in [-0.4, -0.2) is 18.5 Å². The SMILES string of the molecule is CCOC(=O)c1ccc(C)c(NC(=O)c2cc(OCc3ccccc3)ccc2Cl)c1. The van der Waals surface area contributed by atoms with Crippen LogP contribution < -0.4 is 10.1 Å². The highest BCUT2D eigenvalue weighted by molar-refractivity contribution is 6.34. The molecule has 0 aliphatic rings. The maximum absolute atomic E-state index is 12.9. The van der Waals surface area contributed by atoms with Crippen LogP contribution in [-0.2, 0) is 11.3 Å². The van der Waals surface area contributed by atoms with Crippen molar-refractivity contribution < 1.29 is 19.1 Å². The number of ether oxygens (including phenoxy) is 2. The molecule has 154 valence electrons. The smallest absolute Gasteiger partial charge is 0.338 e. The van der Waals surface area contributed by atoms with Crippen molar-refractivity contribution in [2.75, 3.05) is 11.9 Å². The zero-order valence-electron chi connectivity index (χ0n) is 16.8. The number of benzene rings is 3. The molecule has 1 amide bonds. The topological polar surface area (TPSA) is 64.6 Å². The number of carbonyl (C=O) groups is 2. The Balaban J connectivity index is 1.76. The lowest BCUT2D eigenvalue weighted by atomic mass is 10.1. The molecule has 0 saturated heterocycles. The Labute approximate surface area is 180 Å². The van der Waals surface area contributed by atoms with E-state index in [1.54, 1.807) is 43.3 Å². The second-order valence-corrected chi connectivity index (χ2v) is 7.03. The molecule has 0 atom stereocenters. The number of esters is 1. The lowest BCUT2D eigenvalue weighted by Gasteiger charge is -2.13. The second kappa shape index (κ2) is 9.94. The molecule has 0 fully saturated rings. The largest absolute Gasteiger partial charge is 0.489 e. The summed E-state index contributed by atoms with van der Waals surface area (Å²) in [6.45, 7) is 4.24. The molecule has 3 rings (SSSR count). The van der Waals surface area contributed by atoms with E-state index in [-0.39, 0.29) is 12.2 Å². The summed E-state index contributed by atoms with van der Waals surface area (Å²) in [5.41, 5.74) is 2.98. The van der Waals surface area contributed by atoms with Gasteiger partial charge in [-0.3, -0.25) is 4.79 Å². The first-order valence-electron chi connectivity index (χ1n) is 9.53. The van der Waals surface area contributed by atoms with Crippen LogP contribution in [0.2, 0.25) is 5.02 Å². The van der Waals surface area contributed by atoms with Crippen LogP contribution in [0.4, 0.5) is 5.69 Å². The van der Waals surface area contributed by atoms with Gasteiger partial charge in [-0.1, -0.05) is 48.0 Å². The van der Waals surface area contributed by atoms with Gasteiger partial charge in [0, 0.05) is 5.69 Å². The van der Waals surface area contributed by atoms with E-state index < -0.39 is 11.9 Å². The Bertz CT molecular complexity index is 1050. The van der Waals surface area contributed by atoms with Gasteiger partial charge >= 0.3 is 5.97 Å². The van der Waals surface area contributed by atoms with Crippen LogP contribution >= 0.6 is 11.6 Å². The molecule has 0 aliphatic carbocycles. The zero-order valence-corrected chi connectivity index (χ0v) is 17.5. The zero-order chi connectivity index (χ0) is 21.5. The number of rotatable bonds is 7. The third-order valence-corrected chi connectivity index (χ3v) is 4.76. The molecule has 30 heavy (non-hydrogen) atoms. The van der Waals surface area contributed by atoms with Crippen molar-refractivity contribution in [1.29, 1.82) is 0 Å². The fourth-order valence-corrected chi connectivity index (χ4v) is 3.00. The molecule has 0 aliphatic heterocycles. The van der Waals surface area contributed by atoms with E-state index in [0.29, 0.717) is 28.6 Å². The molecule has 1 N–H and O–H groups in total. The number of hydrogen-bond acceptors (Lipinski definition) is 4. The predicted octanol–water partition coefficient (Wildman–Crippen LogP) is 5.66. The van der Waals surface area contributed by atoms with Crippen LogP contribution in [0.3, 0.4) is 0 Å². The molecule has 3 aromatic carbocycles. The highest BCUT2D eigenvalue weighted by Crippen LogP contribution is 2.25. The lowest BCUT2D eigenvalue weighted by Crippen LogP contribution is -2.14. The average Bonchev–Trinajstić information content (AvgIpc) is 2.75. The van der Waals surface area contributed by atoms with Gasteiger partial charge < -0.3 is 14.8 Å². The van der Waals surface area contributed by atoms with Gasteiger partial charge in [0.1, 0.15) is 12.4 Å². The van der Waals surface area contributed by atoms with Gasteiger partial charge in [0.15, 0.2) is 0 Å². The van der Waals surface area contributed by atoms with Gasteiger partial charge in [0.25, 0.3) is 5.91 Å². The maximum atomic E-state index is 12.9. The van der Waals surface area contributed by atoms with Gasteiger partial charge in [-0.15, -0.1) is 0 Å². The summed E-state index contributed by atoms with van der Waals surface area (Å²) in [6, 6.07) is 19.7. The number of anilines is 1. The number of nitrogens with one attached hydrogen (secondary N) is 1. The summed E-state index contributed by atoms with van der Waals surface area (Å²) in [6.07, 6.45) is 0. The summed E-state index contributed by atoms with van der Waals surface area (Å²) in [4.78, 5) is 24.8. The van der Waals surface area contributed by atoms with E-state index in [1.165, 1.54) is 0 Å². The maximum Gasteiger partial charge on any atom is 0.338 e. The molecule has 0 saturated carbocycles. The number of halogens is 1. The van der Waals surface area contributed by atoms with Crippen molar-refractivity contribution in [3.05, 3.63) is 94.0 Å². The number of hydrogen-bond donors (Lipinski definition) is 1. The molecule has 0 spiro atoms. The van der Waals surface area contributed by atoms with Crippen molar-refractivity contribution in [3.8, 4) is 5.75 Å². The van der Waals surface area contributed by atoms with Gasteiger partial charge in [-0.05, 0) is 55.3 Å². The van der Waals surface area contributed by atoms with Gasteiger partial charge in [-0.25, -0.2) is 4.79 Å². The quantitative estimate of drug-likeness (QED) is 0.498. The normalized spacial score (nSPS) is 10.4. The molecular weight excluding hydrogens is 402 g/mol. The summed E-state index contributed by atoms with van der Waals surface area (Å²) in [7, 11) is 0. The Hall–Kier alpha value is -3.31. The molecule has 0 heterocycles. The summed E-state index contributed by atoms with van der Waals surface area (Å²) in [5, 5.41) is 3.12. The van der Waals surface area contributed by atoms with E-state index in [1.807, 2.05) is 37.3 Å². The number of amides is 1. The van der Waals surface area contributed by atoms with E-state index in [9.17, 15) is 9.59 Å². The Kier molecular flexibility index (Phi) is 7.09. The van der Waals surface area contributed by atoms with Gasteiger partial charge in [0.05, 0.1) is 22.8 Å². The second-order valence-electron chi connectivity index (χ2n) is 6.62. The molecule has 0 aromatic heterocycles. The summed E-state index contributed by atoms with van der Waals surface area (Å²) in [5.74, 6) is -0.304. The molecule has 0 radical (unpaired) electrons. The van der Waals surface area contributed by atoms with Crippen molar-refractivity contribution in [1.82, 2.24) is 0 Å². The van der Waals surface area contributed by atoms with E-state index in [4.69, 9.17) is 21.1 Å². The molecule has 3 aromatic rings. The van der Waals surface area contributed by atoms with Crippen LogP contribution in [0, 0.1) is 6.92 Å². The minimum Gasteiger partial charge on any atom is -0.489 e. The molecular formula is C24H22ClNO4. The van der Waals surface area contributed by atoms with Crippen molar-refractivity contribution >= 4 is 29.2 Å². The summed E-state index contributed by atoms with van der Waals surface area (Å²) >= 11 is 6.25. The standard InChI is InChI=1S/C24H22ClNO4/c1-3-29-24(28)18-10-9-16(2)22(13-18)26-23(27)20-14-19(11-12-21(20)25)30-15-17-7-5-4-6-8-17/h4-14H,3,15H2,1-2H3,(H,26,27). The Morgan fingerprint density at radius 3 is 2.50 bits per heavy atom. The van der Waals surface area contributed by atoms with Crippen LogP contribution in [0.15, 0.2) is 66.7 Å². The van der Waals surface area contributed by atoms with Crippen LogP contribution in [0.1, 0.15) is 38.8 Å². The Morgan fingerprint density at radius 2 is 1.77 bits per heavy atom. The van der Waals surface area contributed by atoms with E-state index in [0.717, 1.165) is 11.1 Å².